The molecule has 172 valence electrons. The van der Waals surface area contributed by atoms with Gasteiger partial charge in [-0.3, -0.25) is 14.4 Å². The number of benzene rings is 1. The Kier molecular flexibility index (Phi) is 9.51. The maximum absolute atomic E-state index is 11.5. The van der Waals surface area contributed by atoms with Crippen LogP contribution < -0.4 is 4.74 Å². The summed E-state index contributed by atoms with van der Waals surface area (Å²) in [6.07, 6.45) is 4.60. The largest absolute Gasteiger partial charge is 0.705 e. The molecule has 0 spiro atoms. The molecule has 2 rings (SSSR count). The molecule has 0 aliphatic heterocycles. The predicted octanol–water partition coefficient (Wildman–Crippen LogP) is 3.76. The minimum Gasteiger partial charge on any atom is -0.497 e. The van der Waals surface area contributed by atoms with Gasteiger partial charge in [0.15, 0.2) is 0 Å². The summed E-state index contributed by atoms with van der Waals surface area (Å²) in [5, 5.41) is 0. The minimum absolute atomic E-state index is 0.132. The molecule has 1 aromatic rings. The lowest BCUT2D eigenvalue weighted by atomic mass is 9.83. The lowest BCUT2D eigenvalue weighted by Gasteiger charge is -2.29. The topological polar surface area (TPSA) is 97.4 Å². The number of ether oxygens (including phenoxy) is 2. The van der Waals surface area contributed by atoms with E-state index in [2.05, 4.69) is 12.1 Å². The van der Waals surface area contributed by atoms with Crippen molar-refractivity contribution in [1.29, 1.82) is 0 Å². The quantitative estimate of drug-likeness (QED) is 0.391. The van der Waals surface area contributed by atoms with Crippen LogP contribution in [0.15, 0.2) is 24.3 Å². The maximum atomic E-state index is 11.5. The van der Waals surface area contributed by atoms with Gasteiger partial charge in [0.1, 0.15) is 5.75 Å². The second-order valence-corrected chi connectivity index (χ2v) is 10.2. The zero-order valence-electron chi connectivity index (χ0n) is 18.7. The fourth-order valence-electron chi connectivity index (χ4n) is 3.85. The van der Waals surface area contributed by atoms with E-state index < -0.39 is 26.7 Å². The summed E-state index contributed by atoms with van der Waals surface area (Å²) in [5.74, 6) is -0.606. The molecule has 1 fully saturated rings. The molecule has 0 heterocycles. The van der Waals surface area contributed by atoms with Crippen LogP contribution in [0.25, 0.3) is 0 Å². The molecular formula is C22H32O8Si. The van der Waals surface area contributed by atoms with Crippen LogP contribution in [0.5, 0.6) is 5.75 Å². The Morgan fingerprint density at radius 1 is 0.871 bits per heavy atom. The van der Waals surface area contributed by atoms with Crippen LogP contribution in [0.2, 0.25) is 6.04 Å². The van der Waals surface area contributed by atoms with E-state index in [9.17, 15) is 14.4 Å². The highest BCUT2D eigenvalue weighted by atomic mass is 28.4. The van der Waals surface area contributed by atoms with Gasteiger partial charge in [-0.15, -0.1) is 0 Å². The van der Waals surface area contributed by atoms with E-state index in [-0.39, 0.29) is 12.1 Å². The Labute approximate surface area is 184 Å². The van der Waals surface area contributed by atoms with Gasteiger partial charge in [-0.2, -0.15) is 0 Å². The average Bonchev–Trinajstić information content (AvgIpc) is 2.70. The standard InChI is InChI=1S/C22H32O8Si/c1-16(23)28-31(29-17(2)24,30-18(3)25)15-5-14-27-22-12-8-20(9-13-22)19-6-10-21(26-4)11-7-19/h6-7,10-11,20,22H,5,8-9,12-15H2,1-4H3. The van der Waals surface area contributed by atoms with Crippen LogP contribution in [0, 0.1) is 0 Å². The Hall–Kier alpha value is -2.39. The third-order valence-electron chi connectivity index (χ3n) is 5.14. The van der Waals surface area contributed by atoms with E-state index in [1.165, 1.54) is 26.3 Å². The first-order valence-corrected chi connectivity index (χ1v) is 12.5. The molecule has 0 bridgehead atoms. The van der Waals surface area contributed by atoms with Gasteiger partial charge in [0, 0.05) is 27.4 Å². The van der Waals surface area contributed by atoms with Gasteiger partial charge in [-0.1, -0.05) is 12.1 Å². The monoisotopic (exact) mass is 452 g/mol. The molecule has 0 unspecified atom stereocenters. The summed E-state index contributed by atoms with van der Waals surface area (Å²) in [6.45, 7) is 3.96. The number of hydrogen-bond acceptors (Lipinski definition) is 8. The van der Waals surface area contributed by atoms with Gasteiger partial charge in [0.05, 0.1) is 19.3 Å². The SMILES string of the molecule is COc1ccc(C2CCC(OCCC[Si](OC(C)=O)(OC(C)=O)OC(C)=O)CC2)cc1. The van der Waals surface area contributed by atoms with Crippen molar-refractivity contribution >= 4 is 26.7 Å². The van der Waals surface area contributed by atoms with Crippen molar-refractivity contribution in [2.45, 2.75) is 70.9 Å². The molecule has 9 heteroatoms. The van der Waals surface area contributed by atoms with Crippen LogP contribution >= 0.6 is 0 Å². The molecule has 1 saturated carbocycles. The number of hydrogen-bond donors (Lipinski definition) is 0. The number of carbonyl (C=O) groups excluding carboxylic acids is 3. The summed E-state index contributed by atoms with van der Waals surface area (Å²) in [6, 6.07) is 8.35. The Bertz CT molecular complexity index is 700. The van der Waals surface area contributed by atoms with E-state index in [0.29, 0.717) is 18.9 Å². The van der Waals surface area contributed by atoms with Gasteiger partial charge >= 0.3 is 8.80 Å². The van der Waals surface area contributed by atoms with E-state index in [1.807, 2.05) is 12.1 Å². The third kappa shape index (κ3) is 8.33. The minimum atomic E-state index is -3.77. The van der Waals surface area contributed by atoms with Crippen molar-refractivity contribution in [1.82, 2.24) is 0 Å². The molecule has 0 atom stereocenters. The molecule has 31 heavy (non-hydrogen) atoms. The fraction of sp³-hybridized carbons (Fsp3) is 0.591. The zero-order chi connectivity index (χ0) is 22.9. The summed E-state index contributed by atoms with van der Waals surface area (Å²) in [5.41, 5.74) is 1.32. The van der Waals surface area contributed by atoms with E-state index in [0.717, 1.165) is 31.4 Å². The number of rotatable bonds is 10. The molecule has 0 radical (unpaired) electrons. The van der Waals surface area contributed by atoms with Gasteiger partial charge in [-0.05, 0) is 55.7 Å². The van der Waals surface area contributed by atoms with Crippen molar-refractivity contribution in [3.05, 3.63) is 29.8 Å². The lowest BCUT2D eigenvalue weighted by molar-refractivity contribution is -0.147. The first-order valence-electron chi connectivity index (χ1n) is 10.6. The molecular weight excluding hydrogens is 420 g/mol. The van der Waals surface area contributed by atoms with E-state index >= 15 is 0 Å². The first-order chi connectivity index (χ1) is 14.7. The molecule has 1 aromatic carbocycles. The molecule has 0 N–H and O–H groups in total. The van der Waals surface area contributed by atoms with E-state index in [1.54, 1.807) is 7.11 Å². The first kappa shape index (κ1) is 24.9. The van der Waals surface area contributed by atoms with Gasteiger partial charge < -0.3 is 22.8 Å². The molecule has 1 aliphatic carbocycles. The van der Waals surface area contributed by atoms with Gasteiger partial charge in [0.25, 0.3) is 17.9 Å². The van der Waals surface area contributed by atoms with Crippen molar-refractivity contribution in [2.24, 2.45) is 0 Å². The van der Waals surface area contributed by atoms with Crippen LogP contribution in [0.3, 0.4) is 0 Å². The van der Waals surface area contributed by atoms with Crippen LogP contribution in [-0.2, 0) is 32.4 Å². The smallest absolute Gasteiger partial charge is 0.497 e. The highest BCUT2D eigenvalue weighted by Gasteiger charge is 2.51. The highest BCUT2D eigenvalue weighted by molar-refractivity contribution is 6.65. The van der Waals surface area contributed by atoms with Crippen LogP contribution in [0.1, 0.15) is 64.4 Å². The maximum Gasteiger partial charge on any atom is 0.705 e. The molecule has 0 amide bonds. The molecule has 0 saturated heterocycles. The van der Waals surface area contributed by atoms with E-state index in [4.69, 9.17) is 22.8 Å². The normalized spacial score (nSPS) is 18.7. The van der Waals surface area contributed by atoms with Crippen molar-refractivity contribution in [3.8, 4) is 5.75 Å². The van der Waals surface area contributed by atoms with Crippen LogP contribution in [0.4, 0.5) is 0 Å². The van der Waals surface area contributed by atoms with Crippen molar-refractivity contribution in [3.63, 3.8) is 0 Å². The summed E-state index contributed by atoms with van der Waals surface area (Å²) >= 11 is 0. The Morgan fingerprint density at radius 3 is 1.84 bits per heavy atom. The second kappa shape index (κ2) is 11.9. The molecule has 0 aromatic heterocycles. The second-order valence-electron chi connectivity index (χ2n) is 7.69. The average molecular weight is 453 g/mol. The van der Waals surface area contributed by atoms with Crippen molar-refractivity contribution in [2.75, 3.05) is 13.7 Å². The predicted molar refractivity (Wildman–Crippen MR) is 114 cm³/mol. The Balaban J connectivity index is 1.81. The molecule has 1 aliphatic rings. The summed E-state index contributed by atoms with van der Waals surface area (Å²) < 4.78 is 26.8. The van der Waals surface area contributed by atoms with Gasteiger partial charge in [-0.25, -0.2) is 0 Å². The molecule has 8 nitrogen and oxygen atoms in total. The third-order valence-corrected chi connectivity index (χ3v) is 7.90. The van der Waals surface area contributed by atoms with Gasteiger partial charge in [0.2, 0.25) is 0 Å². The number of carbonyl (C=O) groups is 3. The lowest BCUT2D eigenvalue weighted by Crippen LogP contribution is -2.49. The summed E-state index contributed by atoms with van der Waals surface area (Å²) in [4.78, 5) is 34.4. The van der Waals surface area contributed by atoms with Crippen LogP contribution in [-0.4, -0.2) is 46.5 Å². The summed E-state index contributed by atoms with van der Waals surface area (Å²) in [7, 11) is -2.11. The zero-order valence-corrected chi connectivity index (χ0v) is 19.7. The Morgan fingerprint density at radius 2 is 1.39 bits per heavy atom. The highest BCUT2D eigenvalue weighted by Crippen LogP contribution is 2.34. The van der Waals surface area contributed by atoms with Crippen molar-refractivity contribution < 1.29 is 37.1 Å². The number of methoxy groups -OCH3 is 1. The fourth-order valence-corrected chi connectivity index (χ4v) is 6.17.